The lowest BCUT2D eigenvalue weighted by molar-refractivity contribution is 0.102. The fourth-order valence-electron chi connectivity index (χ4n) is 2.04. The highest BCUT2D eigenvalue weighted by Gasteiger charge is 2.18. The molecule has 0 saturated carbocycles. The van der Waals surface area contributed by atoms with Crippen LogP contribution in [0.2, 0.25) is 0 Å². The highest BCUT2D eigenvalue weighted by Crippen LogP contribution is 2.26. The average Bonchev–Trinajstić information content (AvgIpc) is 2.38. The van der Waals surface area contributed by atoms with E-state index in [0.717, 1.165) is 11.6 Å². The van der Waals surface area contributed by atoms with Crippen LogP contribution >= 0.6 is 0 Å². The van der Waals surface area contributed by atoms with Crippen molar-refractivity contribution in [3.63, 3.8) is 0 Å². The van der Waals surface area contributed by atoms with Crippen molar-refractivity contribution in [2.75, 3.05) is 5.32 Å². The van der Waals surface area contributed by atoms with Gasteiger partial charge in [0.05, 0.1) is 0 Å². The number of rotatable bonds is 3. The third kappa shape index (κ3) is 2.79. The Labute approximate surface area is 117 Å². The highest BCUT2D eigenvalue weighted by atomic mass is 19.1. The molecule has 0 aromatic heterocycles. The van der Waals surface area contributed by atoms with E-state index >= 15 is 0 Å². The van der Waals surface area contributed by atoms with Gasteiger partial charge in [0.15, 0.2) is 0 Å². The Balaban J connectivity index is 2.33. The van der Waals surface area contributed by atoms with Crippen LogP contribution in [-0.2, 0) is 0 Å². The van der Waals surface area contributed by atoms with Gasteiger partial charge >= 0.3 is 0 Å². The standard InChI is InChI=1S/C16H16FNO2/c1-10(2)11-6-3-4-8-13(11)18-16(20)15-12(17)7-5-9-14(15)19/h3-10,19H,1-2H3,(H,18,20). The molecule has 1 amide bonds. The Kier molecular flexibility index (Phi) is 4.03. The van der Waals surface area contributed by atoms with Crippen LogP contribution in [0.4, 0.5) is 10.1 Å². The zero-order valence-electron chi connectivity index (χ0n) is 11.4. The zero-order chi connectivity index (χ0) is 14.7. The number of phenols is 1. The smallest absolute Gasteiger partial charge is 0.262 e. The van der Waals surface area contributed by atoms with Gasteiger partial charge in [-0.3, -0.25) is 4.79 Å². The third-order valence-corrected chi connectivity index (χ3v) is 3.05. The van der Waals surface area contributed by atoms with Crippen molar-refractivity contribution in [2.24, 2.45) is 0 Å². The summed E-state index contributed by atoms with van der Waals surface area (Å²) in [6.07, 6.45) is 0. The number of nitrogens with one attached hydrogen (secondary N) is 1. The van der Waals surface area contributed by atoms with Gasteiger partial charge in [0.25, 0.3) is 5.91 Å². The number of benzene rings is 2. The fraction of sp³-hybridized carbons (Fsp3) is 0.188. The van der Waals surface area contributed by atoms with E-state index in [1.165, 1.54) is 12.1 Å². The largest absolute Gasteiger partial charge is 0.507 e. The van der Waals surface area contributed by atoms with Crippen molar-refractivity contribution in [2.45, 2.75) is 19.8 Å². The summed E-state index contributed by atoms with van der Waals surface area (Å²) in [6.45, 7) is 4.01. The molecule has 3 nitrogen and oxygen atoms in total. The molecule has 0 fully saturated rings. The molecule has 2 aromatic rings. The Morgan fingerprint density at radius 2 is 1.85 bits per heavy atom. The molecule has 2 N–H and O–H groups in total. The molecule has 104 valence electrons. The average molecular weight is 273 g/mol. The summed E-state index contributed by atoms with van der Waals surface area (Å²) in [5, 5.41) is 12.3. The first kappa shape index (κ1) is 14.1. The predicted octanol–water partition coefficient (Wildman–Crippen LogP) is 3.91. The summed E-state index contributed by atoms with van der Waals surface area (Å²) in [4.78, 5) is 12.1. The van der Waals surface area contributed by atoms with Crippen LogP contribution < -0.4 is 5.32 Å². The number of anilines is 1. The molecule has 0 spiro atoms. The molecule has 0 bridgehead atoms. The van der Waals surface area contributed by atoms with Crippen LogP contribution in [0.15, 0.2) is 42.5 Å². The van der Waals surface area contributed by atoms with Crippen molar-refractivity contribution >= 4 is 11.6 Å². The maximum atomic E-state index is 13.6. The second kappa shape index (κ2) is 5.74. The molecule has 0 aliphatic heterocycles. The summed E-state index contributed by atoms with van der Waals surface area (Å²) >= 11 is 0. The third-order valence-electron chi connectivity index (χ3n) is 3.05. The molecule has 0 atom stereocenters. The first-order chi connectivity index (χ1) is 9.50. The van der Waals surface area contributed by atoms with Crippen molar-refractivity contribution in [1.29, 1.82) is 0 Å². The first-order valence-electron chi connectivity index (χ1n) is 6.38. The number of amides is 1. The normalized spacial score (nSPS) is 10.6. The number of hydrogen-bond donors (Lipinski definition) is 2. The number of hydrogen-bond acceptors (Lipinski definition) is 2. The van der Waals surface area contributed by atoms with E-state index < -0.39 is 11.7 Å². The van der Waals surface area contributed by atoms with E-state index in [2.05, 4.69) is 5.32 Å². The van der Waals surface area contributed by atoms with Crippen molar-refractivity contribution < 1.29 is 14.3 Å². The van der Waals surface area contributed by atoms with Crippen LogP contribution in [-0.4, -0.2) is 11.0 Å². The summed E-state index contributed by atoms with van der Waals surface area (Å²) in [7, 11) is 0. The van der Waals surface area contributed by atoms with Crippen LogP contribution in [0.5, 0.6) is 5.75 Å². The Bertz CT molecular complexity index is 618. The van der Waals surface area contributed by atoms with E-state index in [9.17, 15) is 14.3 Å². The minimum absolute atomic E-state index is 0.223. The molecule has 0 unspecified atom stereocenters. The molecule has 20 heavy (non-hydrogen) atoms. The molecule has 0 aliphatic carbocycles. The van der Waals surface area contributed by atoms with Crippen molar-refractivity contribution in [3.8, 4) is 5.75 Å². The quantitative estimate of drug-likeness (QED) is 0.890. The predicted molar refractivity (Wildman–Crippen MR) is 76.5 cm³/mol. The second-order valence-corrected chi connectivity index (χ2v) is 4.83. The molecule has 0 radical (unpaired) electrons. The second-order valence-electron chi connectivity index (χ2n) is 4.83. The van der Waals surface area contributed by atoms with Crippen LogP contribution in [0.25, 0.3) is 0 Å². The van der Waals surface area contributed by atoms with Gasteiger partial charge in [-0.2, -0.15) is 0 Å². The van der Waals surface area contributed by atoms with Crippen LogP contribution in [0, 0.1) is 5.82 Å². The minimum Gasteiger partial charge on any atom is -0.507 e. The number of aromatic hydroxyl groups is 1. The van der Waals surface area contributed by atoms with E-state index in [0.29, 0.717) is 5.69 Å². The molecular formula is C16H16FNO2. The number of carbonyl (C=O) groups is 1. The van der Waals surface area contributed by atoms with Crippen LogP contribution in [0.1, 0.15) is 35.7 Å². The van der Waals surface area contributed by atoms with E-state index in [4.69, 9.17) is 0 Å². The minimum atomic E-state index is -0.746. The lowest BCUT2D eigenvalue weighted by Crippen LogP contribution is -2.15. The Morgan fingerprint density at radius 3 is 2.50 bits per heavy atom. The molecule has 0 aliphatic rings. The maximum Gasteiger partial charge on any atom is 0.262 e. The lowest BCUT2D eigenvalue weighted by atomic mass is 10.0. The lowest BCUT2D eigenvalue weighted by Gasteiger charge is -2.14. The van der Waals surface area contributed by atoms with E-state index in [1.54, 1.807) is 12.1 Å². The molecular weight excluding hydrogens is 257 g/mol. The molecule has 2 aromatic carbocycles. The highest BCUT2D eigenvalue weighted by molar-refractivity contribution is 6.06. The first-order valence-corrected chi connectivity index (χ1v) is 6.38. The van der Waals surface area contributed by atoms with E-state index in [1.807, 2.05) is 26.0 Å². The molecule has 0 heterocycles. The topological polar surface area (TPSA) is 49.3 Å². The Morgan fingerprint density at radius 1 is 1.15 bits per heavy atom. The van der Waals surface area contributed by atoms with Gasteiger partial charge in [0.2, 0.25) is 0 Å². The van der Waals surface area contributed by atoms with Gasteiger partial charge in [-0.1, -0.05) is 38.1 Å². The molecule has 2 rings (SSSR count). The fourth-order valence-corrected chi connectivity index (χ4v) is 2.04. The number of halogens is 1. The van der Waals surface area contributed by atoms with Gasteiger partial charge in [-0.25, -0.2) is 4.39 Å². The summed E-state index contributed by atoms with van der Waals surface area (Å²) in [5.74, 6) is -1.55. The van der Waals surface area contributed by atoms with E-state index in [-0.39, 0.29) is 17.2 Å². The summed E-state index contributed by atoms with van der Waals surface area (Å²) < 4.78 is 13.6. The van der Waals surface area contributed by atoms with Gasteiger partial charge in [0.1, 0.15) is 17.1 Å². The van der Waals surface area contributed by atoms with Crippen molar-refractivity contribution in [3.05, 3.63) is 59.4 Å². The van der Waals surface area contributed by atoms with Gasteiger partial charge in [-0.15, -0.1) is 0 Å². The monoisotopic (exact) mass is 273 g/mol. The van der Waals surface area contributed by atoms with Crippen molar-refractivity contribution in [1.82, 2.24) is 0 Å². The van der Waals surface area contributed by atoms with Gasteiger partial charge in [-0.05, 0) is 29.7 Å². The molecule has 4 heteroatoms. The van der Waals surface area contributed by atoms with Crippen LogP contribution in [0.3, 0.4) is 0 Å². The number of para-hydroxylation sites is 1. The molecule has 0 saturated heterocycles. The summed E-state index contributed by atoms with van der Waals surface area (Å²) in [6, 6.07) is 11.1. The maximum absolute atomic E-state index is 13.6. The SMILES string of the molecule is CC(C)c1ccccc1NC(=O)c1c(O)cccc1F. The summed E-state index contributed by atoms with van der Waals surface area (Å²) in [5.41, 5.74) is 1.23. The number of carbonyl (C=O) groups excluding carboxylic acids is 1. The van der Waals surface area contributed by atoms with Gasteiger partial charge < -0.3 is 10.4 Å². The zero-order valence-corrected chi connectivity index (χ0v) is 11.4. The Hall–Kier alpha value is -2.36. The number of phenolic OH excluding ortho intramolecular Hbond substituents is 1. The van der Waals surface area contributed by atoms with Gasteiger partial charge in [0, 0.05) is 5.69 Å².